The number of rotatable bonds is 13. The Morgan fingerprint density at radius 1 is 0.906 bits per heavy atom. The van der Waals surface area contributed by atoms with E-state index in [1.807, 2.05) is 30.3 Å². The van der Waals surface area contributed by atoms with Gasteiger partial charge in [-0.3, -0.25) is 4.79 Å². The standard InChI is InChI=1S/C29H32O3/c1-4-7-10-13-16-27(30)29-26-19-18-25(31-21-14-11-8-5-2)23-24(26)17-20-28(29)32-22-15-12-9-6-3/h2,17-20,23H,4,6-7,9-10,12-13,15-16,22H2,1,3H3. The van der Waals surface area contributed by atoms with Crippen LogP contribution in [0.1, 0.15) is 82.0 Å². The monoisotopic (exact) mass is 428 g/mol. The van der Waals surface area contributed by atoms with Crippen molar-refractivity contribution in [3.05, 3.63) is 35.9 Å². The maximum Gasteiger partial charge on any atom is 0.167 e. The molecule has 0 radical (unpaired) electrons. The summed E-state index contributed by atoms with van der Waals surface area (Å²) in [6.07, 6.45) is 16.9. The predicted octanol–water partition coefficient (Wildman–Crippen LogP) is 6.93. The molecule has 0 spiro atoms. The molecule has 0 unspecified atom stereocenters. The number of hydrogen-bond donors (Lipinski definition) is 0. The minimum absolute atomic E-state index is 0.133. The maximum atomic E-state index is 13.2. The van der Waals surface area contributed by atoms with Crippen LogP contribution in [0.4, 0.5) is 0 Å². The fourth-order valence-corrected chi connectivity index (χ4v) is 3.48. The molecule has 2 aromatic carbocycles. The van der Waals surface area contributed by atoms with E-state index >= 15 is 0 Å². The van der Waals surface area contributed by atoms with Gasteiger partial charge in [0.05, 0.1) is 12.2 Å². The van der Waals surface area contributed by atoms with Crippen LogP contribution in [0.15, 0.2) is 30.3 Å². The number of carbonyl (C=O) groups is 1. The first-order valence-corrected chi connectivity index (χ1v) is 11.6. The van der Waals surface area contributed by atoms with E-state index in [0.29, 0.717) is 30.1 Å². The molecular weight excluding hydrogens is 396 g/mol. The molecular formula is C29H32O3. The third-order valence-corrected chi connectivity index (χ3v) is 5.16. The number of benzene rings is 2. The summed E-state index contributed by atoms with van der Waals surface area (Å²) in [4.78, 5) is 13.2. The van der Waals surface area contributed by atoms with Gasteiger partial charge in [0.1, 0.15) is 17.6 Å². The Morgan fingerprint density at radius 2 is 1.69 bits per heavy atom. The highest BCUT2D eigenvalue weighted by Gasteiger charge is 2.17. The Labute approximate surface area is 192 Å². The summed E-state index contributed by atoms with van der Waals surface area (Å²) >= 11 is 0. The number of Topliss-reactive ketones (excluding diaryl/α,β-unsaturated/α-hetero) is 1. The molecule has 2 rings (SSSR count). The second kappa shape index (κ2) is 14.6. The molecule has 166 valence electrons. The van der Waals surface area contributed by atoms with Crippen LogP contribution in [0.5, 0.6) is 11.5 Å². The van der Waals surface area contributed by atoms with Crippen LogP contribution in [0.2, 0.25) is 0 Å². The largest absolute Gasteiger partial charge is 0.493 e. The lowest BCUT2D eigenvalue weighted by Gasteiger charge is -2.14. The van der Waals surface area contributed by atoms with Crippen molar-refractivity contribution >= 4 is 16.6 Å². The summed E-state index contributed by atoms with van der Waals surface area (Å²) in [5, 5.41) is 1.79. The van der Waals surface area contributed by atoms with E-state index in [9.17, 15) is 4.79 Å². The zero-order valence-corrected chi connectivity index (χ0v) is 19.3. The first-order valence-electron chi connectivity index (χ1n) is 11.6. The molecule has 0 fully saturated rings. The number of ether oxygens (including phenoxy) is 2. The third kappa shape index (κ3) is 8.06. The summed E-state index contributed by atoms with van der Waals surface area (Å²) < 4.78 is 11.5. The molecule has 0 saturated carbocycles. The molecule has 0 bridgehead atoms. The lowest BCUT2D eigenvalue weighted by Crippen LogP contribution is -2.06. The molecule has 32 heavy (non-hydrogen) atoms. The lowest BCUT2D eigenvalue weighted by molar-refractivity contribution is 0.0977. The molecule has 3 heteroatoms. The first kappa shape index (κ1) is 24.9. The van der Waals surface area contributed by atoms with Crippen LogP contribution < -0.4 is 9.47 Å². The van der Waals surface area contributed by atoms with Crippen molar-refractivity contribution in [2.45, 2.75) is 71.6 Å². The van der Waals surface area contributed by atoms with Gasteiger partial charge in [-0.1, -0.05) is 58.4 Å². The van der Waals surface area contributed by atoms with Crippen LogP contribution in [-0.4, -0.2) is 12.4 Å². The van der Waals surface area contributed by atoms with E-state index in [1.54, 1.807) is 0 Å². The van der Waals surface area contributed by atoms with Gasteiger partial charge in [0, 0.05) is 18.3 Å². The molecule has 0 aliphatic heterocycles. The first-order chi connectivity index (χ1) is 15.7. The molecule has 3 nitrogen and oxygen atoms in total. The number of unbranched alkanes of at least 4 members (excludes halogenated alkanes) is 6. The topological polar surface area (TPSA) is 35.5 Å². The van der Waals surface area contributed by atoms with E-state index in [-0.39, 0.29) is 5.78 Å². The quantitative estimate of drug-likeness (QED) is 0.197. The van der Waals surface area contributed by atoms with Gasteiger partial charge >= 0.3 is 0 Å². The van der Waals surface area contributed by atoms with Crippen molar-refractivity contribution in [3.63, 3.8) is 0 Å². The predicted molar refractivity (Wildman–Crippen MR) is 132 cm³/mol. The van der Waals surface area contributed by atoms with Gasteiger partial charge in [-0.25, -0.2) is 0 Å². The van der Waals surface area contributed by atoms with Crippen molar-refractivity contribution in [2.24, 2.45) is 0 Å². The summed E-state index contributed by atoms with van der Waals surface area (Å²) in [7, 11) is 0. The zero-order valence-electron chi connectivity index (χ0n) is 19.3. The molecule has 0 aliphatic carbocycles. The van der Waals surface area contributed by atoms with Crippen molar-refractivity contribution in [2.75, 3.05) is 6.61 Å². The summed E-state index contributed by atoms with van der Waals surface area (Å²) in [6, 6.07) is 9.45. The fourth-order valence-electron chi connectivity index (χ4n) is 3.48. The van der Waals surface area contributed by atoms with Crippen LogP contribution in [0.25, 0.3) is 10.8 Å². The maximum absolute atomic E-state index is 13.2. The van der Waals surface area contributed by atoms with E-state index < -0.39 is 0 Å². The highest BCUT2D eigenvalue weighted by molar-refractivity contribution is 6.10. The van der Waals surface area contributed by atoms with Crippen molar-refractivity contribution in [1.29, 1.82) is 0 Å². The molecule has 0 aromatic heterocycles. The Kier molecular flexibility index (Phi) is 11.4. The minimum Gasteiger partial charge on any atom is -0.493 e. The average Bonchev–Trinajstić information content (AvgIpc) is 2.81. The molecule has 0 amide bonds. The number of ketones is 1. The van der Waals surface area contributed by atoms with Crippen LogP contribution in [0, 0.1) is 36.2 Å². The van der Waals surface area contributed by atoms with Crippen molar-refractivity contribution < 1.29 is 14.3 Å². The Hall–Kier alpha value is -3.35. The van der Waals surface area contributed by atoms with E-state index in [2.05, 4.69) is 43.6 Å². The lowest BCUT2D eigenvalue weighted by atomic mass is 9.96. The SMILES string of the molecule is C#CC#CC#COc1ccc2c(C(=O)CCCCCC)c(OCCCCCC)ccc2c1. The van der Waals surface area contributed by atoms with Gasteiger partial charge in [-0.15, -0.1) is 6.42 Å². The summed E-state index contributed by atoms with van der Waals surface area (Å²) in [6.45, 7) is 4.98. The van der Waals surface area contributed by atoms with E-state index in [0.717, 1.165) is 49.3 Å². The summed E-state index contributed by atoms with van der Waals surface area (Å²) in [5.74, 6) is 11.0. The Balaban J connectivity index is 2.26. The second-order valence-corrected chi connectivity index (χ2v) is 7.69. The normalized spacial score (nSPS) is 9.78. The Bertz CT molecular complexity index is 1050. The fraction of sp³-hybridized carbons (Fsp3) is 0.414. The summed E-state index contributed by atoms with van der Waals surface area (Å²) in [5.41, 5.74) is 0.673. The molecule has 0 saturated heterocycles. The third-order valence-electron chi connectivity index (χ3n) is 5.16. The number of fused-ring (bicyclic) bond motifs is 1. The number of carbonyl (C=O) groups excluding carboxylic acids is 1. The van der Waals surface area contributed by atoms with Crippen LogP contribution >= 0.6 is 0 Å². The van der Waals surface area contributed by atoms with Gasteiger partial charge in [0.25, 0.3) is 0 Å². The molecule has 0 atom stereocenters. The highest BCUT2D eigenvalue weighted by Crippen LogP contribution is 2.32. The number of hydrogen-bond acceptors (Lipinski definition) is 3. The van der Waals surface area contributed by atoms with Gasteiger partial charge in [0.15, 0.2) is 5.78 Å². The molecule has 2 aromatic rings. The highest BCUT2D eigenvalue weighted by atomic mass is 16.5. The van der Waals surface area contributed by atoms with Gasteiger partial charge in [-0.05, 0) is 59.7 Å². The second-order valence-electron chi connectivity index (χ2n) is 7.69. The molecule has 0 heterocycles. The van der Waals surface area contributed by atoms with Crippen molar-refractivity contribution in [1.82, 2.24) is 0 Å². The van der Waals surface area contributed by atoms with Crippen LogP contribution in [0.3, 0.4) is 0 Å². The number of terminal acetylenes is 1. The zero-order chi connectivity index (χ0) is 23.0. The minimum atomic E-state index is 0.133. The van der Waals surface area contributed by atoms with E-state index in [1.165, 1.54) is 12.8 Å². The van der Waals surface area contributed by atoms with E-state index in [4.69, 9.17) is 15.9 Å². The van der Waals surface area contributed by atoms with Gasteiger partial charge < -0.3 is 9.47 Å². The Morgan fingerprint density at radius 3 is 2.44 bits per heavy atom. The van der Waals surface area contributed by atoms with Crippen LogP contribution in [-0.2, 0) is 0 Å². The smallest absolute Gasteiger partial charge is 0.167 e. The van der Waals surface area contributed by atoms with Gasteiger partial charge in [0.2, 0.25) is 0 Å². The van der Waals surface area contributed by atoms with Crippen molar-refractivity contribution in [3.8, 4) is 47.7 Å². The molecule has 0 aliphatic rings. The average molecular weight is 429 g/mol. The molecule has 0 N–H and O–H groups in total. The van der Waals surface area contributed by atoms with Gasteiger partial charge in [-0.2, -0.15) is 0 Å².